The Morgan fingerprint density at radius 2 is 2.00 bits per heavy atom. The van der Waals surface area contributed by atoms with Gasteiger partial charge in [0.1, 0.15) is 0 Å². The summed E-state index contributed by atoms with van der Waals surface area (Å²) in [5.41, 5.74) is 1.69. The van der Waals surface area contributed by atoms with Gasteiger partial charge in [-0.25, -0.2) is 0 Å². The van der Waals surface area contributed by atoms with Gasteiger partial charge in [-0.3, -0.25) is 4.90 Å². The van der Waals surface area contributed by atoms with E-state index in [0.717, 1.165) is 6.61 Å². The molecule has 0 bridgehead atoms. The minimum atomic E-state index is 0.251. The molecule has 0 radical (unpaired) electrons. The zero-order valence-corrected chi connectivity index (χ0v) is 12.6. The maximum Gasteiger partial charge on any atom is 0.0618 e. The topological polar surface area (TPSA) is 12.5 Å². The Morgan fingerprint density at radius 3 is 2.68 bits per heavy atom. The SMILES string of the molecule is COC[C@H]1CCCN1CCC(C)(C)c1ccccc1. The highest BCUT2D eigenvalue weighted by Crippen LogP contribution is 2.28. The highest BCUT2D eigenvalue weighted by atomic mass is 16.5. The normalized spacial score (nSPS) is 20.9. The van der Waals surface area contributed by atoms with Gasteiger partial charge in [0.15, 0.2) is 0 Å². The minimum absolute atomic E-state index is 0.251. The van der Waals surface area contributed by atoms with Crippen LogP contribution in [0.5, 0.6) is 0 Å². The lowest BCUT2D eigenvalue weighted by molar-refractivity contribution is 0.111. The summed E-state index contributed by atoms with van der Waals surface area (Å²) in [5.74, 6) is 0. The molecule has 1 heterocycles. The summed E-state index contributed by atoms with van der Waals surface area (Å²) in [7, 11) is 1.81. The maximum absolute atomic E-state index is 5.33. The number of hydrogen-bond acceptors (Lipinski definition) is 2. The van der Waals surface area contributed by atoms with Gasteiger partial charge in [-0.05, 0) is 43.3 Å². The van der Waals surface area contributed by atoms with E-state index in [2.05, 4.69) is 49.1 Å². The summed E-state index contributed by atoms with van der Waals surface area (Å²) >= 11 is 0. The Bertz CT molecular complexity index is 374. The number of nitrogens with zero attached hydrogens (tertiary/aromatic N) is 1. The molecule has 2 rings (SSSR count). The molecule has 0 spiro atoms. The van der Waals surface area contributed by atoms with Crippen molar-refractivity contribution < 1.29 is 4.74 Å². The molecule has 2 heteroatoms. The van der Waals surface area contributed by atoms with Crippen LogP contribution in [0.3, 0.4) is 0 Å². The molecule has 0 aliphatic carbocycles. The Morgan fingerprint density at radius 1 is 1.26 bits per heavy atom. The van der Waals surface area contributed by atoms with Gasteiger partial charge in [0.25, 0.3) is 0 Å². The largest absolute Gasteiger partial charge is 0.383 e. The number of rotatable bonds is 6. The first-order chi connectivity index (χ1) is 9.13. The Labute approximate surface area is 117 Å². The van der Waals surface area contributed by atoms with E-state index >= 15 is 0 Å². The van der Waals surface area contributed by atoms with E-state index in [4.69, 9.17) is 4.74 Å². The van der Waals surface area contributed by atoms with E-state index in [1.807, 2.05) is 7.11 Å². The second kappa shape index (κ2) is 6.53. The highest BCUT2D eigenvalue weighted by molar-refractivity contribution is 5.23. The lowest BCUT2D eigenvalue weighted by atomic mass is 9.81. The van der Waals surface area contributed by atoms with Crippen LogP contribution in [0.2, 0.25) is 0 Å². The van der Waals surface area contributed by atoms with Crippen LogP contribution in [0.25, 0.3) is 0 Å². The van der Waals surface area contributed by atoms with E-state index in [9.17, 15) is 0 Å². The standard InChI is InChI=1S/C17H27NO/c1-17(2,15-8-5-4-6-9-15)11-13-18-12-7-10-16(18)14-19-3/h4-6,8-9,16H,7,10-14H2,1-3H3/t16-/m1/s1. The van der Waals surface area contributed by atoms with Crippen molar-refractivity contribution >= 4 is 0 Å². The van der Waals surface area contributed by atoms with E-state index in [1.165, 1.54) is 37.9 Å². The van der Waals surface area contributed by atoms with Gasteiger partial charge in [-0.2, -0.15) is 0 Å². The lowest BCUT2D eigenvalue weighted by Crippen LogP contribution is -2.36. The van der Waals surface area contributed by atoms with E-state index < -0.39 is 0 Å². The summed E-state index contributed by atoms with van der Waals surface area (Å²) in [6.45, 7) is 7.99. The Kier molecular flexibility index (Phi) is 5.00. The quantitative estimate of drug-likeness (QED) is 0.777. The van der Waals surface area contributed by atoms with Gasteiger partial charge in [0.05, 0.1) is 6.61 Å². The molecule has 0 aromatic heterocycles. The molecule has 1 aliphatic heterocycles. The third-order valence-electron chi connectivity index (χ3n) is 4.44. The predicted octanol–water partition coefficient (Wildman–Crippen LogP) is 3.47. The van der Waals surface area contributed by atoms with Crippen LogP contribution in [-0.2, 0) is 10.2 Å². The van der Waals surface area contributed by atoms with Gasteiger partial charge >= 0.3 is 0 Å². The van der Waals surface area contributed by atoms with Crippen LogP contribution in [0.4, 0.5) is 0 Å². The molecular formula is C17H27NO. The van der Waals surface area contributed by atoms with Crippen molar-refractivity contribution in [1.82, 2.24) is 4.90 Å². The number of hydrogen-bond donors (Lipinski definition) is 0. The fourth-order valence-corrected chi connectivity index (χ4v) is 3.03. The van der Waals surface area contributed by atoms with Gasteiger partial charge in [-0.1, -0.05) is 44.2 Å². The fraction of sp³-hybridized carbons (Fsp3) is 0.647. The summed E-state index contributed by atoms with van der Waals surface area (Å²) in [4.78, 5) is 2.61. The number of likely N-dealkylation sites (tertiary alicyclic amines) is 1. The van der Waals surface area contributed by atoms with Crippen molar-refractivity contribution in [2.45, 2.75) is 44.6 Å². The van der Waals surface area contributed by atoms with Crippen LogP contribution < -0.4 is 0 Å². The zero-order valence-electron chi connectivity index (χ0n) is 12.6. The minimum Gasteiger partial charge on any atom is -0.383 e. The van der Waals surface area contributed by atoms with Gasteiger partial charge in [0.2, 0.25) is 0 Å². The number of methoxy groups -OCH3 is 1. The molecule has 1 aliphatic rings. The highest BCUT2D eigenvalue weighted by Gasteiger charge is 2.27. The molecule has 0 N–H and O–H groups in total. The lowest BCUT2D eigenvalue weighted by Gasteiger charge is -2.30. The Balaban J connectivity index is 1.91. The predicted molar refractivity (Wildman–Crippen MR) is 80.6 cm³/mol. The second-order valence-electron chi connectivity index (χ2n) is 6.29. The van der Waals surface area contributed by atoms with Crippen LogP contribution in [0.1, 0.15) is 38.7 Å². The van der Waals surface area contributed by atoms with Crippen LogP contribution in [0, 0.1) is 0 Å². The van der Waals surface area contributed by atoms with E-state index in [-0.39, 0.29) is 5.41 Å². The maximum atomic E-state index is 5.33. The molecule has 1 saturated heterocycles. The van der Waals surface area contributed by atoms with Crippen molar-refractivity contribution in [1.29, 1.82) is 0 Å². The van der Waals surface area contributed by atoms with Crippen LogP contribution in [0.15, 0.2) is 30.3 Å². The molecule has 1 aromatic rings. The first-order valence-electron chi connectivity index (χ1n) is 7.42. The van der Waals surface area contributed by atoms with Crippen LogP contribution >= 0.6 is 0 Å². The number of ether oxygens (including phenoxy) is 1. The number of benzene rings is 1. The first kappa shape index (κ1) is 14.5. The summed E-state index contributed by atoms with van der Waals surface area (Å²) in [6, 6.07) is 11.5. The first-order valence-corrected chi connectivity index (χ1v) is 7.42. The monoisotopic (exact) mass is 261 g/mol. The van der Waals surface area contributed by atoms with E-state index in [1.54, 1.807) is 0 Å². The van der Waals surface area contributed by atoms with Gasteiger partial charge in [-0.15, -0.1) is 0 Å². The summed E-state index contributed by atoms with van der Waals surface area (Å²) in [6.07, 6.45) is 3.82. The average molecular weight is 261 g/mol. The molecule has 0 amide bonds. The summed E-state index contributed by atoms with van der Waals surface area (Å²) in [5, 5.41) is 0. The summed E-state index contributed by atoms with van der Waals surface area (Å²) < 4.78 is 5.33. The van der Waals surface area contributed by atoms with Gasteiger partial charge < -0.3 is 4.74 Å². The third-order valence-corrected chi connectivity index (χ3v) is 4.44. The van der Waals surface area contributed by atoms with Crippen molar-refractivity contribution in [3.8, 4) is 0 Å². The van der Waals surface area contributed by atoms with Crippen LogP contribution in [-0.4, -0.2) is 37.7 Å². The fourth-order valence-electron chi connectivity index (χ4n) is 3.03. The molecule has 106 valence electrons. The Hall–Kier alpha value is -0.860. The molecule has 1 aromatic carbocycles. The van der Waals surface area contributed by atoms with Gasteiger partial charge in [0, 0.05) is 13.2 Å². The second-order valence-corrected chi connectivity index (χ2v) is 6.29. The zero-order chi connectivity index (χ0) is 13.7. The van der Waals surface area contributed by atoms with Crippen molar-refractivity contribution in [3.05, 3.63) is 35.9 Å². The molecule has 2 nitrogen and oxygen atoms in total. The van der Waals surface area contributed by atoms with E-state index in [0.29, 0.717) is 6.04 Å². The molecular weight excluding hydrogens is 234 g/mol. The molecule has 19 heavy (non-hydrogen) atoms. The molecule has 1 atom stereocenters. The third kappa shape index (κ3) is 3.80. The molecule has 0 saturated carbocycles. The van der Waals surface area contributed by atoms with Crippen molar-refractivity contribution in [2.24, 2.45) is 0 Å². The average Bonchev–Trinajstić information content (AvgIpc) is 2.86. The smallest absolute Gasteiger partial charge is 0.0618 e. The molecule has 1 fully saturated rings. The van der Waals surface area contributed by atoms with Crippen molar-refractivity contribution in [2.75, 3.05) is 26.8 Å². The molecule has 0 unspecified atom stereocenters. The van der Waals surface area contributed by atoms with Crippen molar-refractivity contribution in [3.63, 3.8) is 0 Å².